The Bertz CT molecular complexity index is 485. The van der Waals surface area contributed by atoms with E-state index in [1.165, 1.54) is 0 Å². The van der Waals surface area contributed by atoms with E-state index >= 15 is 0 Å². The maximum atomic E-state index is 6.03. The van der Waals surface area contributed by atoms with E-state index in [1.807, 2.05) is 0 Å². The Kier molecular flexibility index (Phi) is 2.48. The fourth-order valence-electron chi connectivity index (χ4n) is 1.33. The van der Waals surface area contributed by atoms with Crippen molar-refractivity contribution in [2.75, 3.05) is 7.11 Å². The van der Waals surface area contributed by atoms with Gasteiger partial charge in [0, 0.05) is 6.20 Å². The Labute approximate surface area is 91.4 Å². The first kappa shape index (κ1) is 9.56. The summed E-state index contributed by atoms with van der Waals surface area (Å²) in [5.74, 6) is 0.683. The lowest BCUT2D eigenvalue weighted by atomic mass is 10.2. The maximum Gasteiger partial charge on any atom is 0.129 e. The number of hydrogen-bond acceptors (Lipinski definition) is 2. The van der Waals surface area contributed by atoms with E-state index in [9.17, 15) is 0 Å². The molecule has 0 aliphatic carbocycles. The van der Waals surface area contributed by atoms with Crippen molar-refractivity contribution in [3.63, 3.8) is 0 Å². The average Bonchev–Trinajstić information content (AvgIpc) is 2.20. The zero-order valence-electron chi connectivity index (χ0n) is 7.42. The van der Waals surface area contributed by atoms with E-state index in [1.54, 1.807) is 31.5 Å². The summed E-state index contributed by atoms with van der Waals surface area (Å²) in [5.41, 5.74) is 0.665. The number of pyridine rings is 1. The summed E-state index contributed by atoms with van der Waals surface area (Å²) in [4.78, 5) is 4.15. The summed E-state index contributed by atoms with van der Waals surface area (Å²) >= 11 is 12.0. The number of fused-ring (bicyclic) bond motifs is 1. The molecule has 0 radical (unpaired) electrons. The zero-order chi connectivity index (χ0) is 10.1. The van der Waals surface area contributed by atoms with Crippen LogP contribution in [0.2, 0.25) is 10.0 Å². The molecule has 0 aliphatic rings. The van der Waals surface area contributed by atoms with Gasteiger partial charge in [-0.1, -0.05) is 23.2 Å². The number of halogens is 2. The SMILES string of the molecule is COc1ccc(Cl)c2nccc(Cl)c12. The molecule has 0 saturated carbocycles. The summed E-state index contributed by atoms with van der Waals surface area (Å²) in [7, 11) is 1.59. The Morgan fingerprint density at radius 3 is 2.64 bits per heavy atom. The van der Waals surface area contributed by atoms with Gasteiger partial charge in [-0.25, -0.2) is 0 Å². The molecule has 14 heavy (non-hydrogen) atoms. The number of methoxy groups -OCH3 is 1. The molecule has 0 aliphatic heterocycles. The van der Waals surface area contributed by atoms with Crippen LogP contribution in [0.3, 0.4) is 0 Å². The molecule has 0 unspecified atom stereocenters. The molecular formula is C10H7Cl2NO. The lowest BCUT2D eigenvalue weighted by molar-refractivity contribution is 0.420. The fraction of sp³-hybridized carbons (Fsp3) is 0.100. The second-order valence-electron chi connectivity index (χ2n) is 2.77. The minimum atomic E-state index is 0.573. The highest BCUT2D eigenvalue weighted by Crippen LogP contribution is 2.34. The lowest BCUT2D eigenvalue weighted by Crippen LogP contribution is -1.88. The largest absolute Gasteiger partial charge is 0.496 e. The van der Waals surface area contributed by atoms with Crippen LogP contribution in [0.15, 0.2) is 24.4 Å². The first-order chi connectivity index (χ1) is 6.74. The van der Waals surface area contributed by atoms with Crippen molar-refractivity contribution in [3.05, 3.63) is 34.4 Å². The number of benzene rings is 1. The van der Waals surface area contributed by atoms with Gasteiger partial charge in [-0.15, -0.1) is 0 Å². The summed E-state index contributed by atoms with van der Waals surface area (Å²) < 4.78 is 5.18. The Morgan fingerprint density at radius 1 is 1.14 bits per heavy atom. The second-order valence-corrected chi connectivity index (χ2v) is 3.58. The first-order valence-electron chi connectivity index (χ1n) is 4.00. The van der Waals surface area contributed by atoms with Crippen LogP contribution in [0.1, 0.15) is 0 Å². The van der Waals surface area contributed by atoms with Crippen LogP contribution in [0, 0.1) is 0 Å². The van der Waals surface area contributed by atoms with Crippen LogP contribution < -0.4 is 4.74 Å². The van der Waals surface area contributed by atoms with Crippen LogP contribution in [-0.2, 0) is 0 Å². The Hall–Kier alpha value is -0.990. The standard InChI is InChI=1S/C10H7Cl2NO/c1-14-8-3-2-7(12)10-9(8)6(11)4-5-13-10/h2-5H,1H3. The Balaban J connectivity index is 2.92. The Morgan fingerprint density at radius 2 is 1.93 bits per heavy atom. The number of rotatable bonds is 1. The second kappa shape index (κ2) is 3.64. The van der Waals surface area contributed by atoms with E-state index in [0.717, 1.165) is 5.39 Å². The summed E-state index contributed by atoms with van der Waals surface area (Å²) in [6.07, 6.45) is 1.62. The maximum absolute atomic E-state index is 6.03. The molecule has 0 saturated heterocycles. The normalized spacial score (nSPS) is 10.5. The highest BCUT2D eigenvalue weighted by atomic mass is 35.5. The quantitative estimate of drug-likeness (QED) is 0.744. The smallest absolute Gasteiger partial charge is 0.129 e. The van der Waals surface area contributed by atoms with Crippen LogP contribution in [0.5, 0.6) is 5.75 Å². The predicted octanol–water partition coefficient (Wildman–Crippen LogP) is 3.55. The zero-order valence-corrected chi connectivity index (χ0v) is 8.93. The molecule has 0 fully saturated rings. The van der Waals surface area contributed by atoms with Crippen molar-refractivity contribution in [3.8, 4) is 5.75 Å². The van der Waals surface area contributed by atoms with E-state index in [-0.39, 0.29) is 0 Å². The van der Waals surface area contributed by atoms with Crippen LogP contribution in [0.4, 0.5) is 0 Å². The molecule has 2 aromatic rings. The van der Waals surface area contributed by atoms with Gasteiger partial charge in [0.25, 0.3) is 0 Å². The monoisotopic (exact) mass is 227 g/mol. The van der Waals surface area contributed by atoms with Crippen molar-refractivity contribution < 1.29 is 4.74 Å². The third-order valence-electron chi connectivity index (χ3n) is 1.97. The molecule has 4 heteroatoms. The fourth-order valence-corrected chi connectivity index (χ4v) is 1.78. The van der Waals surface area contributed by atoms with E-state index in [0.29, 0.717) is 21.3 Å². The number of aromatic nitrogens is 1. The molecule has 1 aromatic carbocycles. The highest BCUT2D eigenvalue weighted by molar-refractivity contribution is 6.39. The highest BCUT2D eigenvalue weighted by Gasteiger charge is 2.09. The van der Waals surface area contributed by atoms with Crippen molar-refractivity contribution >= 4 is 34.1 Å². The predicted molar refractivity (Wildman–Crippen MR) is 58.3 cm³/mol. The van der Waals surface area contributed by atoms with E-state index in [4.69, 9.17) is 27.9 Å². The number of hydrogen-bond donors (Lipinski definition) is 0. The topological polar surface area (TPSA) is 22.1 Å². The third kappa shape index (κ3) is 1.41. The molecule has 0 N–H and O–H groups in total. The molecule has 0 atom stereocenters. The molecule has 2 nitrogen and oxygen atoms in total. The summed E-state index contributed by atoms with van der Waals surface area (Å²) in [6.45, 7) is 0. The van der Waals surface area contributed by atoms with Gasteiger partial charge in [0.1, 0.15) is 5.75 Å². The van der Waals surface area contributed by atoms with Gasteiger partial charge in [-0.05, 0) is 18.2 Å². The minimum Gasteiger partial charge on any atom is -0.496 e. The van der Waals surface area contributed by atoms with Gasteiger partial charge < -0.3 is 4.74 Å². The summed E-state index contributed by atoms with van der Waals surface area (Å²) in [5, 5.41) is 1.92. The average molecular weight is 228 g/mol. The van der Waals surface area contributed by atoms with Crippen LogP contribution in [0.25, 0.3) is 10.9 Å². The molecule has 0 spiro atoms. The van der Waals surface area contributed by atoms with Crippen molar-refractivity contribution in [2.24, 2.45) is 0 Å². The number of nitrogens with zero attached hydrogens (tertiary/aromatic N) is 1. The van der Waals surface area contributed by atoms with Crippen molar-refractivity contribution in [1.29, 1.82) is 0 Å². The van der Waals surface area contributed by atoms with Gasteiger partial charge in [0.2, 0.25) is 0 Å². The third-order valence-corrected chi connectivity index (χ3v) is 2.59. The van der Waals surface area contributed by atoms with Gasteiger partial charge >= 0.3 is 0 Å². The molecule has 1 heterocycles. The van der Waals surface area contributed by atoms with Crippen LogP contribution >= 0.6 is 23.2 Å². The molecule has 0 amide bonds. The molecule has 2 rings (SSSR count). The first-order valence-corrected chi connectivity index (χ1v) is 4.76. The molecule has 1 aromatic heterocycles. The number of ether oxygens (including phenoxy) is 1. The van der Waals surface area contributed by atoms with Gasteiger partial charge in [-0.2, -0.15) is 0 Å². The molecule has 72 valence electrons. The van der Waals surface area contributed by atoms with E-state index < -0.39 is 0 Å². The lowest BCUT2D eigenvalue weighted by Gasteiger charge is -2.06. The summed E-state index contributed by atoms with van der Waals surface area (Å²) in [6, 6.07) is 5.23. The van der Waals surface area contributed by atoms with Gasteiger partial charge in [-0.3, -0.25) is 4.98 Å². The van der Waals surface area contributed by atoms with Gasteiger partial charge in [0.15, 0.2) is 0 Å². The van der Waals surface area contributed by atoms with E-state index in [2.05, 4.69) is 4.98 Å². The van der Waals surface area contributed by atoms with Gasteiger partial charge in [0.05, 0.1) is 28.1 Å². The molecule has 0 bridgehead atoms. The molecular weight excluding hydrogens is 221 g/mol. The van der Waals surface area contributed by atoms with Crippen LogP contribution in [-0.4, -0.2) is 12.1 Å². The van der Waals surface area contributed by atoms with Crippen molar-refractivity contribution in [1.82, 2.24) is 4.98 Å². The minimum absolute atomic E-state index is 0.573. The van der Waals surface area contributed by atoms with Crippen molar-refractivity contribution in [2.45, 2.75) is 0 Å².